The normalized spacial score (nSPS) is 13.4. The summed E-state index contributed by atoms with van der Waals surface area (Å²) >= 11 is 0. The number of rotatable bonds is 67. The molecule has 0 amide bonds. The van der Waals surface area contributed by atoms with Gasteiger partial charge >= 0.3 is 13.8 Å². The highest BCUT2D eigenvalue weighted by molar-refractivity contribution is 7.47. The van der Waals surface area contributed by atoms with Gasteiger partial charge in [0.2, 0.25) is 0 Å². The smallest absolute Gasteiger partial charge is 0.457 e. The summed E-state index contributed by atoms with van der Waals surface area (Å²) < 4.78 is 33.7. The van der Waals surface area contributed by atoms with Gasteiger partial charge in [-0.2, -0.15) is 0 Å². The zero-order valence-electron chi connectivity index (χ0n) is 51.0. The zero-order valence-corrected chi connectivity index (χ0v) is 51.9. The SMILES string of the molecule is CCCCCCCCCCCCCCCCCCCCCCCCCCCCCCCCCCCCCC(=O)O[C@H](COCCCCCCCCCCCCCCCCCCCCCC)COP(=O)(O)OC[C@@H](O)CO. The molecule has 10 heteroatoms. The van der Waals surface area contributed by atoms with E-state index in [1.54, 1.807) is 0 Å². The number of phosphoric acid groups is 1. The molecule has 0 saturated carbocycles. The van der Waals surface area contributed by atoms with E-state index in [1.807, 2.05) is 0 Å². The number of phosphoric ester groups is 1. The Hall–Kier alpha value is -0.540. The van der Waals surface area contributed by atoms with Crippen LogP contribution in [0.25, 0.3) is 0 Å². The second-order valence-electron chi connectivity index (χ2n) is 23.6. The van der Waals surface area contributed by atoms with E-state index in [0.717, 1.165) is 32.1 Å². The van der Waals surface area contributed by atoms with Crippen LogP contribution in [0.3, 0.4) is 0 Å². The van der Waals surface area contributed by atoms with Crippen molar-refractivity contribution >= 4 is 13.8 Å². The van der Waals surface area contributed by atoms with Crippen LogP contribution in [0.2, 0.25) is 0 Å². The van der Waals surface area contributed by atoms with Gasteiger partial charge in [-0.15, -0.1) is 0 Å². The lowest BCUT2D eigenvalue weighted by Gasteiger charge is -2.20. The molecule has 0 fully saturated rings. The zero-order chi connectivity index (χ0) is 55.2. The van der Waals surface area contributed by atoms with Crippen molar-refractivity contribution in [1.29, 1.82) is 0 Å². The number of aliphatic hydroxyl groups is 2. The predicted octanol–water partition coefficient (Wildman–Crippen LogP) is 21.3. The number of carbonyl (C=O) groups is 1. The van der Waals surface area contributed by atoms with E-state index in [9.17, 15) is 19.4 Å². The summed E-state index contributed by atoms with van der Waals surface area (Å²) in [5.74, 6) is -0.369. The Morgan fingerprint density at radius 1 is 0.355 bits per heavy atom. The van der Waals surface area contributed by atoms with Crippen LogP contribution in [0.15, 0.2) is 0 Å². The van der Waals surface area contributed by atoms with Gasteiger partial charge in [-0.05, 0) is 12.8 Å². The number of hydrogen-bond acceptors (Lipinski definition) is 8. The number of ether oxygens (including phenoxy) is 2. The molecule has 0 aromatic rings. The Morgan fingerprint density at radius 3 is 0.855 bits per heavy atom. The van der Waals surface area contributed by atoms with Crippen molar-refractivity contribution < 1.29 is 43.0 Å². The average Bonchev–Trinajstić information content (AvgIpc) is 3.41. The maximum Gasteiger partial charge on any atom is 0.472 e. The van der Waals surface area contributed by atoms with Gasteiger partial charge in [-0.3, -0.25) is 13.8 Å². The third-order valence-corrected chi connectivity index (χ3v) is 16.7. The fourth-order valence-electron chi connectivity index (χ4n) is 10.7. The van der Waals surface area contributed by atoms with Gasteiger partial charge in [0.05, 0.1) is 26.4 Å². The first-order chi connectivity index (χ1) is 37.3. The quantitative estimate of drug-likeness (QED) is 0.0309. The maximum atomic E-state index is 12.8. The van der Waals surface area contributed by atoms with Crippen LogP contribution in [0.1, 0.15) is 373 Å². The van der Waals surface area contributed by atoms with E-state index in [0.29, 0.717) is 6.61 Å². The Morgan fingerprint density at radius 2 is 0.592 bits per heavy atom. The van der Waals surface area contributed by atoms with Crippen LogP contribution in [0, 0.1) is 0 Å². The molecule has 76 heavy (non-hydrogen) atoms. The molecule has 3 N–H and O–H groups in total. The van der Waals surface area contributed by atoms with E-state index in [4.69, 9.17) is 23.6 Å². The second-order valence-corrected chi connectivity index (χ2v) is 25.0. The van der Waals surface area contributed by atoms with Crippen LogP contribution in [0.4, 0.5) is 0 Å². The third kappa shape index (κ3) is 62.7. The molecule has 0 heterocycles. The first-order valence-corrected chi connectivity index (χ1v) is 35.5. The van der Waals surface area contributed by atoms with Gasteiger partial charge in [0.1, 0.15) is 12.2 Å². The molecule has 0 rings (SSSR count). The summed E-state index contributed by atoms with van der Waals surface area (Å²) in [6.45, 7) is 3.64. The molecule has 0 aliphatic carbocycles. The molecule has 0 saturated heterocycles. The first kappa shape index (κ1) is 75.5. The van der Waals surface area contributed by atoms with Gasteiger partial charge in [0.25, 0.3) is 0 Å². The van der Waals surface area contributed by atoms with E-state index >= 15 is 0 Å². The maximum absolute atomic E-state index is 12.8. The van der Waals surface area contributed by atoms with Crippen LogP contribution < -0.4 is 0 Å². The summed E-state index contributed by atoms with van der Waals surface area (Å²) in [6.07, 6.45) is 72.8. The summed E-state index contributed by atoms with van der Waals surface area (Å²) in [5.41, 5.74) is 0. The van der Waals surface area contributed by atoms with Gasteiger partial charge in [-0.1, -0.05) is 354 Å². The van der Waals surface area contributed by atoms with E-state index in [1.165, 1.54) is 321 Å². The number of unbranched alkanes of at least 4 members (excludes halogenated alkanes) is 53. The van der Waals surface area contributed by atoms with Crippen LogP contribution in [-0.4, -0.2) is 66.3 Å². The molecule has 0 radical (unpaired) electrons. The minimum Gasteiger partial charge on any atom is -0.457 e. The van der Waals surface area contributed by atoms with Crippen molar-refractivity contribution in [2.24, 2.45) is 0 Å². The van der Waals surface area contributed by atoms with Crippen molar-refractivity contribution in [2.75, 3.05) is 33.0 Å². The van der Waals surface area contributed by atoms with E-state index in [2.05, 4.69) is 13.8 Å². The first-order valence-electron chi connectivity index (χ1n) is 34.0. The fourth-order valence-corrected chi connectivity index (χ4v) is 11.4. The minimum absolute atomic E-state index is 0.0594. The van der Waals surface area contributed by atoms with Gasteiger partial charge in [-0.25, -0.2) is 4.57 Å². The van der Waals surface area contributed by atoms with Crippen LogP contribution >= 0.6 is 7.82 Å². The largest absolute Gasteiger partial charge is 0.472 e. The molecule has 0 aliphatic rings. The van der Waals surface area contributed by atoms with Crippen molar-refractivity contribution in [2.45, 2.75) is 386 Å². The molecule has 0 aliphatic heterocycles. The highest BCUT2D eigenvalue weighted by Gasteiger charge is 2.26. The minimum atomic E-state index is -4.52. The number of carbonyl (C=O) groups excluding carboxylic acids is 1. The van der Waals surface area contributed by atoms with Crippen LogP contribution in [0.5, 0.6) is 0 Å². The molecule has 456 valence electrons. The standard InChI is InChI=1S/C66H133O9P/c1-3-5-7-9-11-13-15-17-19-21-23-25-26-27-28-29-30-31-32-33-34-35-36-37-38-39-40-42-44-46-48-50-52-54-56-58-66(69)75-65(63-74-76(70,71)73-61-64(68)60-67)62-72-59-57-55-53-51-49-47-45-43-41-24-22-20-18-16-14-12-10-8-6-4-2/h64-65,67-68H,3-63H2,1-2H3,(H,70,71)/t64-,65+/m0/s1. The summed E-state index contributed by atoms with van der Waals surface area (Å²) in [6, 6.07) is 0. The summed E-state index contributed by atoms with van der Waals surface area (Å²) in [4.78, 5) is 22.8. The summed E-state index contributed by atoms with van der Waals surface area (Å²) in [7, 11) is -4.52. The monoisotopic (exact) mass is 1100 g/mol. The number of aliphatic hydroxyl groups excluding tert-OH is 2. The van der Waals surface area contributed by atoms with Crippen molar-refractivity contribution in [1.82, 2.24) is 0 Å². The second kappa shape index (κ2) is 63.6. The van der Waals surface area contributed by atoms with Gasteiger partial charge in [0, 0.05) is 13.0 Å². The Labute approximate surface area is 473 Å². The Bertz CT molecular complexity index is 1160. The van der Waals surface area contributed by atoms with Crippen LogP contribution in [-0.2, 0) is 27.9 Å². The molecule has 0 aromatic carbocycles. The Kier molecular flexibility index (Phi) is 63.2. The lowest BCUT2D eigenvalue weighted by atomic mass is 10.0. The third-order valence-electron chi connectivity index (χ3n) is 15.8. The topological polar surface area (TPSA) is 132 Å². The lowest BCUT2D eigenvalue weighted by Crippen LogP contribution is -2.29. The molecule has 9 nitrogen and oxygen atoms in total. The molecular weight excluding hydrogens is 968 g/mol. The van der Waals surface area contributed by atoms with E-state index < -0.39 is 33.2 Å². The molecule has 1 unspecified atom stereocenters. The number of hydrogen-bond donors (Lipinski definition) is 3. The van der Waals surface area contributed by atoms with Gasteiger partial charge < -0.3 is 24.6 Å². The molecule has 3 atom stereocenters. The van der Waals surface area contributed by atoms with Crippen molar-refractivity contribution in [3.8, 4) is 0 Å². The summed E-state index contributed by atoms with van der Waals surface area (Å²) in [5, 5.41) is 18.5. The van der Waals surface area contributed by atoms with Crippen molar-refractivity contribution in [3.63, 3.8) is 0 Å². The Balaban J connectivity index is 3.79. The van der Waals surface area contributed by atoms with Gasteiger partial charge in [0.15, 0.2) is 0 Å². The highest BCUT2D eigenvalue weighted by atomic mass is 31.2. The average molecular weight is 1100 g/mol. The fraction of sp³-hybridized carbons (Fsp3) is 0.985. The molecular formula is C66H133O9P. The predicted molar refractivity (Wildman–Crippen MR) is 325 cm³/mol. The van der Waals surface area contributed by atoms with E-state index in [-0.39, 0.29) is 25.6 Å². The molecule has 0 aromatic heterocycles. The molecule has 0 bridgehead atoms. The lowest BCUT2D eigenvalue weighted by molar-refractivity contribution is -0.154. The number of esters is 1. The highest BCUT2D eigenvalue weighted by Crippen LogP contribution is 2.43. The molecule has 0 spiro atoms. The van der Waals surface area contributed by atoms with Crippen molar-refractivity contribution in [3.05, 3.63) is 0 Å².